The predicted molar refractivity (Wildman–Crippen MR) is 186 cm³/mol. The summed E-state index contributed by atoms with van der Waals surface area (Å²) < 4.78 is 13.2. The lowest BCUT2D eigenvalue weighted by Gasteiger charge is -2.73. The zero-order valence-corrected chi connectivity index (χ0v) is 32.3. The topological polar surface area (TPSA) is 35.5 Å². The second-order valence-electron chi connectivity index (χ2n) is 19.1. The molecule has 0 aromatic carbocycles. The van der Waals surface area contributed by atoms with E-state index in [-0.39, 0.29) is 27.2 Å². The van der Waals surface area contributed by atoms with Crippen molar-refractivity contribution in [3.63, 3.8) is 0 Å². The van der Waals surface area contributed by atoms with E-state index in [4.69, 9.17) is 9.16 Å². The molecular weight excluding hydrogens is 612 g/mol. The molecule has 5 heteroatoms. The standard InChI is InChI=1S/C38H65BrO3Si/c1-25(2)26-15-20-38(24-41-31(40)23-39)22-21-36(9)27(32(26)38)13-14-29-35(8)18-17-30(42-43(11,12)33(3,4)5)34(6,7)28(35)16-19-37(29,36)10/h26-30,32H,1,13-24H2,2-12H3/t26-,27?,28?,29?,30-,32?,35-,36+,37+,38+/m0/s1. The molecule has 246 valence electrons. The van der Waals surface area contributed by atoms with Crippen LogP contribution in [0.4, 0.5) is 0 Å². The third-order valence-corrected chi connectivity index (χ3v) is 21.0. The van der Waals surface area contributed by atoms with Gasteiger partial charge in [-0.1, -0.05) is 83.5 Å². The molecule has 5 aliphatic carbocycles. The summed E-state index contributed by atoms with van der Waals surface area (Å²) in [6, 6.07) is 0. The molecule has 5 fully saturated rings. The fraction of sp³-hybridized carbons (Fsp3) is 0.921. The number of halogens is 1. The van der Waals surface area contributed by atoms with E-state index in [1.807, 2.05) is 0 Å². The van der Waals surface area contributed by atoms with Crippen molar-refractivity contribution >= 4 is 30.2 Å². The summed E-state index contributed by atoms with van der Waals surface area (Å²) >= 11 is 3.33. The number of carbonyl (C=O) groups excluding carboxylic acids is 1. The molecule has 10 atom stereocenters. The Bertz CT molecular complexity index is 1110. The van der Waals surface area contributed by atoms with E-state index in [1.54, 1.807) is 0 Å². The third kappa shape index (κ3) is 5.04. The first-order chi connectivity index (χ1) is 19.7. The quantitative estimate of drug-likeness (QED) is 0.121. The van der Waals surface area contributed by atoms with Crippen LogP contribution in [0.1, 0.15) is 127 Å². The van der Waals surface area contributed by atoms with Gasteiger partial charge in [0.05, 0.1) is 12.7 Å². The molecule has 0 aliphatic heterocycles. The van der Waals surface area contributed by atoms with Gasteiger partial charge in [0, 0.05) is 5.41 Å². The van der Waals surface area contributed by atoms with Gasteiger partial charge in [0.2, 0.25) is 0 Å². The van der Waals surface area contributed by atoms with Crippen molar-refractivity contribution in [3.05, 3.63) is 12.2 Å². The summed E-state index contributed by atoms with van der Waals surface area (Å²) in [6.45, 7) is 32.8. The fourth-order valence-corrected chi connectivity index (χ4v) is 14.2. The summed E-state index contributed by atoms with van der Waals surface area (Å²) in [7, 11) is -1.84. The number of esters is 1. The van der Waals surface area contributed by atoms with Crippen molar-refractivity contribution in [2.24, 2.45) is 56.7 Å². The molecule has 5 rings (SSSR count). The minimum atomic E-state index is -1.84. The van der Waals surface area contributed by atoms with Crippen molar-refractivity contribution in [1.82, 2.24) is 0 Å². The van der Waals surface area contributed by atoms with Gasteiger partial charge < -0.3 is 9.16 Å². The lowest BCUT2D eigenvalue weighted by atomic mass is 9.32. The van der Waals surface area contributed by atoms with Crippen LogP contribution in [0.3, 0.4) is 0 Å². The zero-order valence-electron chi connectivity index (χ0n) is 29.8. The van der Waals surface area contributed by atoms with Crippen molar-refractivity contribution in [1.29, 1.82) is 0 Å². The molecule has 5 aliphatic rings. The van der Waals surface area contributed by atoms with Gasteiger partial charge in [0.1, 0.15) is 5.33 Å². The minimum absolute atomic E-state index is 0.113. The van der Waals surface area contributed by atoms with Crippen LogP contribution in [0.2, 0.25) is 18.1 Å². The second-order valence-corrected chi connectivity index (χ2v) is 24.4. The Morgan fingerprint density at radius 3 is 2.16 bits per heavy atom. The first kappa shape index (κ1) is 34.2. The van der Waals surface area contributed by atoms with E-state index in [0.29, 0.717) is 52.6 Å². The van der Waals surface area contributed by atoms with Crippen LogP contribution in [-0.2, 0) is 14.0 Å². The number of ether oxygens (including phenoxy) is 1. The number of allylic oxidation sites excluding steroid dienone is 1. The molecule has 5 saturated carbocycles. The Morgan fingerprint density at radius 1 is 0.884 bits per heavy atom. The van der Waals surface area contributed by atoms with E-state index >= 15 is 0 Å². The Kier molecular flexibility index (Phi) is 8.72. The summed E-state index contributed by atoms with van der Waals surface area (Å²) in [5.74, 6) is 3.18. The van der Waals surface area contributed by atoms with Crippen molar-refractivity contribution in [2.45, 2.75) is 151 Å². The average Bonchev–Trinajstić information content (AvgIpc) is 3.29. The lowest BCUT2D eigenvalue weighted by molar-refractivity contribution is -0.248. The highest BCUT2D eigenvalue weighted by Gasteiger charge is 2.71. The molecule has 0 spiro atoms. The van der Waals surface area contributed by atoms with E-state index in [0.717, 1.165) is 5.92 Å². The predicted octanol–water partition coefficient (Wildman–Crippen LogP) is 11.0. The van der Waals surface area contributed by atoms with E-state index < -0.39 is 8.32 Å². The van der Waals surface area contributed by atoms with Gasteiger partial charge in [-0.15, -0.1) is 0 Å². The number of hydrogen-bond acceptors (Lipinski definition) is 3. The molecule has 43 heavy (non-hydrogen) atoms. The SMILES string of the molecule is C=C(C)[C@@H]1CC[C@]2(COC(=O)CBr)CC[C@]3(C)C(CCC4[C@@]5(C)CC[C@H](O[Si](C)(C)C(C)(C)C)C(C)(C)C5CC[C@]43C)C12. The molecule has 3 nitrogen and oxygen atoms in total. The normalized spacial score (nSPS) is 45.8. The number of fused-ring (bicyclic) bond motifs is 7. The number of rotatable bonds is 6. The van der Waals surface area contributed by atoms with Gasteiger partial charge in [0.25, 0.3) is 0 Å². The zero-order chi connectivity index (χ0) is 32.0. The van der Waals surface area contributed by atoms with Gasteiger partial charge in [-0.2, -0.15) is 0 Å². The summed E-state index contributed by atoms with van der Waals surface area (Å²) in [6.07, 6.45) is 13.1. The maximum atomic E-state index is 12.3. The van der Waals surface area contributed by atoms with Crippen LogP contribution in [0.25, 0.3) is 0 Å². The van der Waals surface area contributed by atoms with Crippen LogP contribution in [-0.4, -0.2) is 32.3 Å². The molecule has 0 aromatic rings. The van der Waals surface area contributed by atoms with Gasteiger partial charge in [-0.05, 0) is 141 Å². The van der Waals surface area contributed by atoms with Gasteiger partial charge >= 0.3 is 5.97 Å². The molecule has 0 saturated heterocycles. The molecule has 0 heterocycles. The highest BCUT2D eigenvalue weighted by molar-refractivity contribution is 9.09. The monoisotopic (exact) mass is 676 g/mol. The number of alkyl halides is 1. The highest BCUT2D eigenvalue weighted by Crippen LogP contribution is 2.77. The number of carbonyl (C=O) groups is 1. The van der Waals surface area contributed by atoms with Gasteiger partial charge in [-0.3, -0.25) is 4.79 Å². The Balaban J connectivity index is 1.45. The first-order valence-corrected chi connectivity index (χ1v) is 21.8. The smallest absolute Gasteiger partial charge is 0.316 e. The van der Waals surface area contributed by atoms with E-state index in [2.05, 4.69) is 97.9 Å². The summed E-state index contributed by atoms with van der Waals surface area (Å²) in [4.78, 5) is 12.3. The van der Waals surface area contributed by atoms with Crippen LogP contribution >= 0.6 is 15.9 Å². The Hall–Kier alpha value is -0.133. The maximum absolute atomic E-state index is 12.3. The molecule has 0 amide bonds. The molecule has 0 N–H and O–H groups in total. The largest absolute Gasteiger partial charge is 0.464 e. The Morgan fingerprint density at radius 2 is 1.56 bits per heavy atom. The van der Waals surface area contributed by atoms with Crippen molar-refractivity contribution < 1.29 is 14.0 Å². The van der Waals surface area contributed by atoms with E-state index in [1.165, 1.54) is 69.8 Å². The molecule has 4 unspecified atom stereocenters. The first-order valence-electron chi connectivity index (χ1n) is 17.7. The van der Waals surface area contributed by atoms with Crippen LogP contribution in [0.15, 0.2) is 12.2 Å². The number of hydrogen-bond donors (Lipinski definition) is 0. The summed E-state index contributed by atoms with van der Waals surface area (Å²) in [5.41, 5.74) is 2.68. The summed E-state index contributed by atoms with van der Waals surface area (Å²) in [5, 5.41) is 0.531. The van der Waals surface area contributed by atoms with Crippen LogP contribution in [0, 0.1) is 56.7 Å². The minimum Gasteiger partial charge on any atom is -0.464 e. The van der Waals surface area contributed by atoms with Crippen molar-refractivity contribution in [3.8, 4) is 0 Å². The van der Waals surface area contributed by atoms with E-state index in [9.17, 15) is 4.79 Å². The molecule has 0 aromatic heterocycles. The van der Waals surface area contributed by atoms with Crippen molar-refractivity contribution in [2.75, 3.05) is 11.9 Å². The molecular formula is C38H65BrO3Si. The van der Waals surface area contributed by atoms with Gasteiger partial charge in [-0.25, -0.2) is 0 Å². The molecule has 0 bridgehead atoms. The van der Waals surface area contributed by atoms with Gasteiger partial charge in [0.15, 0.2) is 8.32 Å². The second kappa shape index (κ2) is 11.0. The fourth-order valence-electron chi connectivity index (χ4n) is 12.5. The maximum Gasteiger partial charge on any atom is 0.316 e. The molecule has 0 radical (unpaired) electrons. The van der Waals surface area contributed by atoms with Crippen LogP contribution < -0.4 is 0 Å². The van der Waals surface area contributed by atoms with Crippen LogP contribution in [0.5, 0.6) is 0 Å². The Labute approximate surface area is 274 Å². The average molecular weight is 678 g/mol. The lowest BCUT2D eigenvalue weighted by Crippen LogP contribution is -2.67. The highest BCUT2D eigenvalue weighted by atomic mass is 79.9. The third-order valence-electron chi connectivity index (χ3n) is 16.1.